The van der Waals surface area contributed by atoms with Crippen LogP contribution in [0.25, 0.3) is 0 Å². The summed E-state index contributed by atoms with van der Waals surface area (Å²) in [7, 11) is 3.23. The summed E-state index contributed by atoms with van der Waals surface area (Å²) in [6.45, 7) is 1.47. The van der Waals surface area contributed by atoms with E-state index in [-0.39, 0.29) is 6.04 Å². The second-order valence-electron chi connectivity index (χ2n) is 3.67. The Labute approximate surface area is 112 Å². The molecule has 5 nitrogen and oxygen atoms in total. The Bertz CT molecular complexity index is 363. The monoisotopic (exact) mass is 274 g/mol. The second kappa shape index (κ2) is 8.29. The van der Waals surface area contributed by atoms with E-state index in [1.807, 2.05) is 6.07 Å². The molecule has 1 atom stereocenters. The maximum absolute atomic E-state index is 5.97. The predicted octanol–water partition coefficient (Wildman–Crippen LogP) is 1.52. The molecule has 0 aliphatic heterocycles. The Hall–Kier alpha value is -0.850. The largest absolute Gasteiger partial charge is 0.496 e. The Morgan fingerprint density at radius 3 is 2.72 bits per heavy atom. The van der Waals surface area contributed by atoms with E-state index in [4.69, 9.17) is 31.7 Å². The quantitative estimate of drug-likeness (QED) is 0.427. The summed E-state index contributed by atoms with van der Waals surface area (Å²) >= 11 is 5.97. The number of nitrogens with two attached hydrogens (primary N) is 1. The van der Waals surface area contributed by atoms with Crippen LogP contribution in [0.2, 0.25) is 5.02 Å². The molecule has 0 aromatic heterocycles. The summed E-state index contributed by atoms with van der Waals surface area (Å²) in [6.07, 6.45) is 0. The van der Waals surface area contributed by atoms with E-state index in [0.29, 0.717) is 24.8 Å². The van der Waals surface area contributed by atoms with E-state index in [9.17, 15) is 0 Å². The van der Waals surface area contributed by atoms with Crippen molar-refractivity contribution in [2.45, 2.75) is 6.04 Å². The van der Waals surface area contributed by atoms with E-state index >= 15 is 0 Å². The molecule has 0 bridgehead atoms. The molecule has 18 heavy (non-hydrogen) atoms. The molecule has 0 spiro atoms. The van der Waals surface area contributed by atoms with Crippen LogP contribution < -0.4 is 16.0 Å². The maximum atomic E-state index is 5.97. The highest BCUT2D eigenvalue weighted by molar-refractivity contribution is 6.30. The van der Waals surface area contributed by atoms with Gasteiger partial charge < -0.3 is 14.2 Å². The number of methoxy groups -OCH3 is 2. The molecule has 0 fully saturated rings. The molecule has 0 aliphatic rings. The SMILES string of the molecule is COCCOCC(NN)c1cc(Cl)ccc1OC. The number of ether oxygens (including phenoxy) is 3. The fourth-order valence-electron chi connectivity index (χ4n) is 1.55. The van der Waals surface area contributed by atoms with Crippen molar-refractivity contribution in [3.05, 3.63) is 28.8 Å². The van der Waals surface area contributed by atoms with Crippen LogP contribution in [0, 0.1) is 0 Å². The van der Waals surface area contributed by atoms with Gasteiger partial charge in [-0.2, -0.15) is 0 Å². The third-order valence-electron chi connectivity index (χ3n) is 2.48. The first kappa shape index (κ1) is 15.2. The predicted molar refractivity (Wildman–Crippen MR) is 70.8 cm³/mol. The number of rotatable bonds is 8. The molecule has 0 amide bonds. The molecule has 0 saturated carbocycles. The molecule has 102 valence electrons. The average molecular weight is 275 g/mol. The molecular formula is C12H19ClN2O3. The molecule has 0 saturated heterocycles. The van der Waals surface area contributed by atoms with Gasteiger partial charge in [-0.05, 0) is 18.2 Å². The summed E-state index contributed by atoms with van der Waals surface area (Å²) in [5, 5.41) is 0.628. The van der Waals surface area contributed by atoms with Crippen molar-refractivity contribution in [2.75, 3.05) is 34.0 Å². The van der Waals surface area contributed by atoms with E-state index in [1.165, 1.54) is 0 Å². The summed E-state index contributed by atoms with van der Waals surface area (Å²) in [5.74, 6) is 6.25. The Morgan fingerprint density at radius 1 is 1.33 bits per heavy atom. The molecule has 6 heteroatoms. The molecule has 1 aromatic rings. The van der Waals surface area contributed by atoms with Crippen molar-refractivity contribution >= 4 is 11.6 Å². The van der Waals surface area contributed by atoms with E-state index < -0.39 is 0 Å². The maximum Gasteiger partial charge on any atom is 0.123 e. The lowest BCUT2D eigenvalue weighted by atomic mass is 10.1. The Balaban J connectivity index is 2.71. The molecule has 1 rings (SSSR count). The van der Waals surface area contributed by atoms with E-state index in [0.717, 1.165) is 11.3 Å². The lowest BCUT2D eigenvalue weighted by Crippen LogP contribution is -2.32. The highest BCUT2D eigenvalue weighted by Crippen LogP contribution is 2.28. The highest BCUT2D eigenvalue weighted by atomic mass is 35.5. The zero-order valence-electron chi connectivity index (χ0n) is 10.6. The van der Waals surface area contributed by atoms with Gasteiger partial charge in [0, 0.05) is 17.7 Å². The van der Waals surface area contributed by atoms with Crippen molar-refractivity contribution in [1.82, 2.24) is 5.43 Å². The molecule has 0 radical (unpaired) electrons. The minimum Gasteiger partial charge on any atom is -0.496 e. The van der Waals surface area contributed by atoms with Crippen LogP contribution in [-0.2, 0) is 9.47 Å². The normalized spacial score (nSPS) is 12.4. The Kier molecular flexibility index (Phi) is 7.00. The minimum absolute atomic E-state index is 0.185. The van der Waals surface area contributed by atoms with Gasteiger partial charge in [0.25, 0.3) is 0 Å². The third kappa shape index (κ3) is 4.44. The average Bonchev–Trinajstić information content (AvgIpc) is 2.39. The minimum atomic E-state index is -0.185. The first-order valence-corrected chi connectivity index (χ1v) is 5.97. The van der Waals surface area contributed by atoms with Gasteiger partial charge in [-0.25, -0.2) is 0 Å². The topological polar surface area (TPSA) is 65.7 Å². The summed E-state index contributed by atoms with van der Waals surface area (Å²) in [5.41, 5.74) is 3.56. The van der Waals surface area contributed by atoms with Crippen molar-refractivity contribution in [2.24, 2.45) is 5.84 Å². The first-order chi connectivity index (χ1) is 8.72. The number of hydrogen-bond acceptors (Lipinski definition) is 5. The van der Waals surface area contributed by atoms with Crippen molar-refractivity contribution in [1.29, 1.82) is 0 Å². The molecular weight excluding hydrogens is 256 g/mol. The second-order valence-corrected chi connectivity index (χ2v) is 4.11. The molecule has 0 heterocycles. The van der Waals surface area contributed by atoms with Crippen LogP contribution >= 0.6 is 11.6 Å². The number of nitrogens with one attached hydrogen (secondary N) is 1. The lowest BCUT2D eigenvalue weighted by Gasteiger charge is -2.19. The third-order valence-corrected chi connectivity index (χ3v) is 2.72. The van der Waals surface area contributed by atoms with Gasteiger partial charge in [0.05, 0.1) is 33.0 Å². The van der Waals surface area contributed by atoms with Gasteiger partial charge in [-0.1, -0.05) is 11.6 Å². The van der Waals surface area contributed by atoms with Crippen molar-refractivity contribution < 1.29 is 14.2 Å². The van der Waals surface area contributed by atoms with Crippen LogP contribution in [0.15, 0.2) is 18.2 Å². The van der Waals surface area contributed by atoms with Gasteiger partial charge >= 0.3 is 0 Å². The van der Waals surface area contributed by atoms with Crippen LogP contribution in [0.4, 0.5) is 0 Å². The van der Waals surface area contributed by atoms with Gasteiger partial charge in [-0.3, -0.25) is 11.3 Å². The summed E-state index contributed by atoms with van der Waals surface area (Å²) < 4.78 is 15.6. The lowest BCUT2D eigenvalue weighted by molar-refractivity contribution is 0.0582. The van der Waals surface area contributed by atoms with Crippen LogP contribution in [-0.4, -0.2) is 34.0 Å². The fourth-order valence-corrected chi connectivity index (χ4v) is 1.73. The zero-order valence-corrected chi connectivity index (χ0v) is 11.4. The summed E-state index contributed by atoms with van der Waals surface area (Å²) in [6, 6.07) is 5.20. The van der Waals surface area contributed by atoms with Gasteiger partial charge in [-0.15, -0.1) is 0 Å². The molecule has 1 aromatic carbocycles. The standard InChI is InChI=1S/C12H19ClN2O3/c1-16-5-6-18-8-11(15-14)10-7-9(13)3-4-12(10)17-2/h3-4,7,11,15H,5-6,8,14H2,1-2H3. The molecule has 3 N–H and O–H groups in total. The number of hydrazine groups is 1. The van der Waals surface area contributed by atoms with Crippen LogP contribution in [0.5, 0.6) is 5.75 Å². The zero-order chi connectivity index (χ0) is 13.4. The molecule has 0 aliphatic carbocycles. The van der Waals surface area contributed by atoms with Gasteiger partial charge in [0.15, 0.2) is 0 Å². The molecule has 1 unspecified atom stereocenters. The number of benzene rings is 1. The van der Waals surface area contributed by atoms with Crippen LogP contribution in [0.3, 0.4) is 0 Å². The fraction of sp³-hybridized carbons (Fsp3) is 0.500. The first-order valence-electron chi connectivity index (χ1n) is 5.59. The number of hydrogen-bond donors (Lipinski definition) is 2. The number of halogens is 1. The summed E-state index contributed by atoms with van der Waals surface area (Å²) in [4.78, 5) is 0. The van der Waals surface area contributed by atoms with E-state index in [1.54, 1.807) is 26.4 Å². The van der Waals surface area contributed by atoms with Crippen LogP contribution in [0.1, 0.15) is 11.6 Å². The smallest absolute Gasteiger partial charge is 0.123 e. The van der Waals surface area contributed by atoms with Gasteiger partial charge in [0.1, 0.15) is 5.75 Å². The van der Waals surface area contributed by atoms with Crippen molar-refractivity contribution in [3.8, 4) is 5.75 Å². The highest BCUT2D eigenvalue weighted by Gasteiger charge is 2.15. The van der Waals surface area contributed by atoms with Gasteiger partial charge in [0.2, 0.25) is 0 Å². The Morgan fingerprint density at radius 2 is 2.11 bits per heavy atom. The van der Waals surface area contributed by atoms with E-state index in [2.05, 4.69) is 5.43 Å². The van der Waals surface area contributed by atoms with Crippen molar-refractivity contribution in [3.63, 3.8) is 0 Å².